The minimum Gasteiger partial charge on any atom is -0.444 e. The molecule has 12 heteroatoms. The fraction of sp³-hybridized carbons (Fsp3) is 0.581. The van der Waals surface area contributed by atoms with E-state index in [1.54, 1.807) is 38.6 Å². The summed E-state index contributed by atoms with van der Waals surface area (Å²) in [6.45, 7) is 13.2. The van der Waals surface area contributed by atoms with E-state index >= 15 is 0 Å². The van der Waals surface area contributed by atoms with Crippen LogP contribution in [0.5, 0.6) is 0 Å². The molecule has 11 nitrogen and oxygen atoms in total. The van der Waals surface area contributed by atoms with Gasteiger partial charge in [-0.2, -0.15) is 0 Å². The van der Waals surface area contributed by atoms with Crippen LogP contribution in [0.25, 0.3) is 0 Å². The van der Waals surface area contributed by atoms with Crippen LogP contribution in [0.1, 0.15) is 94.7 Å². The number of carbonyl (C=O) groups excluding carboxylic acids is 3. The Morgan fingerprint density at radius 2 is 1.88 bits per heavy atom. The van der Waals surface area contributed by atoms with Gasteiger partial charge in [-0.1, -0.05) is 43.3 Å². The molecule has 0 bridgehead atoms. The summed E-state index contributed by atoms with van der Waals surface area (Å²) in [5.74, 6) is -1.23. The maximum atomic E-state index is 13.9. The van der Waals surface area contributed by atoms with Gasteiger partial charge in [0, 0.05) is 19.0 Å². The van der Waals surface area contributed by atoms with Crippen molar-refractivity contribution in [3.8, 4) is 0 Å². The molecule has 4 rings (SSSR count). The van der Waals surface area contributed by atoms with E-state index in [9.17, 15) is 19.5 Å². The van der Waals surface area contributed by atoms with Gasteiger partial charge >= 0.3 is 6.09 Å². The van der Waals surface area contributed by atoms with Crippen molar-refractivity contribution in [1.29, 1.82) is 0 Å². The molecule has 2 aliphatic rings. The second-order valence-corrected chi connectivity index (χ2v) is 13.6. The second-order valence-electron chi connectivity index (χ2n) is 12.6. The number of aliphatic hydroxyl groups excluding tert-OH is 1. The molecule has 3 heterocycles. The van der Waals surface area contributed by atoms with Gasteiger partial charge in [0.2, 0.25) is 11.8 Å². The van der Waals surface area contributed by atoms with E-state index in [1.807, 2.05) is 38.5 Å². The molecular weight excluding hydrogens is 570 g/mol. The van der Waals surface area contributed by atoms with E-state index in [-0.39, 0.29) is 54.6 Å². The van der Waals surface area contributed by atoms with Crippen molar-refractivity contribution in [2.24, 2.45) is 10.9 Å². The van der Waals surface area contributed by atoms with E-state index in [1.165, 1.54) is 10.5 Å². The Morgan fingerprint density at radius 1 is 1.19 bits per heavy atom. The molecule has 3 N–H and O–H groups in total. The Morgan fingerprint density at radius 3 is 2.49 bits per heavy atom. The van der Waals surface area contributed by atoms with Gasteiger partial charge < -0.3 is 29.9 Å². The van der Waals surface area contributed by atoms with Gasteiger partial charge in [0.05, 0.1) is 35.5 Å². The lowest BCUT2D eigenvalue weighted by Gasteiger charge is -2.29. The van der Waals surface area contributed by atoms with Crippen molar-refractivity contribution in [1.82, 2.24) is 20.7 Å². The summed E-state index contributed by atoms with van der Waals surface area (Å²) in [4.78, 5) is 45.2. The van der Waals surface area contributed by atoms with Crippen LogP contribution in [-0.4, -0.2) is 69.0 Å². The Labute approximate surface area is 257 Å². The van der Waals surface area contributed by atoms with Crippen molar-refractivity contribution in [2.75, 3.05) is 6.54 Å². The van der Waals surface area contributed by atoms with Crippen LogP contribution >= 0.6 is 11.8 Å². The van der Waals surface area contributed by atoms with Crippen molar-refractivity contribution >= 4 is 35.2 Å². The Hall–Kier alpha value is -3.38. The first-order chi connectivity index (χ1) is 20.2. The number of benzene rings is 1. The number of aliphatic hydroxyl groups is 1. The lowest BCUT2D eigenvalue weighted by molar-refractivity contribution is -0.141. The summed E-state index contributed by atoms with van der Waals surface area (Å²) < 4.78 is 10.8. The number of β-amino-alcohol motifs (C(OH)–C–C–N with tert-alkyl or cyclic N) is 1. The summed E-state index contributed by atoms with van der Waals surface area (Å²) >= 11 is 1.70. The van der Waals surface area contributed by atoms with E-state index in [4.69, 9.17) is 9.26 Å². The number of carbonyl (C=O) groups is 3. The highest BCUT2D eigenvalue weighted by Crippen LogP contribution is 2.37. The molecule has 0 saturated carbocycles. The third-order valence-electron chi connectivity index (χ3n) is 7.56. The molecule has 1 fully saturated rings. The van der Waals surface area contributed by atoms with Crippen LogP contribution < -0.4 is 10.6 Å². The van der Waals surface area contributed by atoms with Gasteiger partial charge in [0.1, 0.15) is 29.0 Å². The molecule has 2 aliphatic heterocycles. The molecular formula is C31H43N5O6S. The van der Waals surface area contributed by atoms with Gasteiger partial charge in [0.15, 0.2) is 0 Å². The Bertz CT molecular complexity index is 1320. The fourth-order valence-electron chi connectivity index (χ4n) is 5.37. The van der Waals surface area contributed by atoms with Crippen LogP contribution in [0.4, 0.5) is 4.79 Å². The van der Waals surface area contributed by atoms with Crippen LogP contribution in [0.3, 0.4) is 0 Å². The zero-order valence-electron chi connectivity index (χ0n) is 25.9. The second kappa shape index (κ2) is 13.5. The van der Waals surface area contributed by atoms with Crippen molar-refractivity contribution in [3.05, 3.63) is 52.9 Å². The van der Waals surface area contributed by atoms with Gasteiger partial charge in [-0.15, -0.1) is 11.8 Å². The number of thioether (sulfide) groups is 1. The molecule has 3 amide bonds. The third-order valence-corrected chi connectivity index (χ3v) is 8.76. The molecule has 0 spiro atoms. The first kappa shape index (κ1) is 32.5. The number of amides is 3. The average molecular weight is 614 g/mol. The summed E-state index contributed by atoms with van der Waals surface area (Å²) in [6.07, 6.45) is -1.26. The van der Waals surface area contributed by atoms with Gasteiger partial charge in [0.25, 0.3) is 0 Å². The molecule has 1 saturated heterocycles. The zero-order valence-corrected chi connectivity index (χ0v) is 26.7. The SMILES string of the molecule is CC1N=CSC1c1ccc([C@H](C)NC(=O)[C@@H]2C[C@@H](O)CN2C(=O)[C@@H](c2cc(CNC(=O)OC(C)(C)C)no2)C(C)C)cc1. The number of hydrogen-bond acceptors (Lipinski definition) is 9. The third kappa shape index (κ3) is 8.17. The zero-order chi connectivity index (χ0) is 31.5. The van der Waals surface area contributed by atoms with E-state index < -0.39 is 29.8 Å². The van der Waals surface area contributed by atoms with Gasteiger partial charge in [-0.25, -0.2) is 4.79 Å². The molecule has 234 valence electrons. The van der Waals surface area contributed by atoms with Gasteiger partial charge in [-0.05, 0) is 51.7 Å². The Balaban J connectivity index is 1.41. The van der Waals surface area contributed by atoms with Gasteiger partial charge in [-0.3, -0.25) is 14.6 Å². The van der Waals surface area contributed by atoms with E-state index in [0.717, 1.165) is 5.56 Å². The lowest BCUT2D eigenvalue weighted by atomic mass is 9.91. The smallest absolute Gasteiger partial charge is 0.407 e. The molecule has 6 atom stereocenters. The summed E-state index contributed by atoms with van der Waals surface area (Å²) in [5, 5.41) is 20.5. The standard InChI is InChI=1S/C31H43N5O6S/c1-17(2)26(25-12-22(35-42-25)14-32-30(40)41-31(5,6)7)29(39)36-15-23(37)13-24(36)28(38)34-18(3)20-8-10-21(11-9-20)27-19(4)33-16-43-27/h8-12,16-19,23-24,26-27,37H,13-15H2,1-7H3,(H,32,40)(H,34,38)/t18-,19?,23+,24-,26+,27?/m0/s1. The van der Waals surface area contributed by atoms with Crippen molar-refractivity contribution in [3.63, 3.8) is 0 Å². The van der Waals surface area contributed by atoms with Crippen LogP contribution in [0.2, 0.25) is 0 Å². The summed E-state index contributed by atoms with van der Waals surface area (Å²) in [7, 11) is 0. The number of aromatic nitrogens is 1. The topological polar surface area (TPSA) is 146 Å². The average Bonchev–Trinajstić information content (AvgIpc) is 3.66. The minimum absolute atomic E-state index is 0.0454. The molecule has 1 aromatic heterocycles. The number of nitrogens with zero attached hydrogens (tertiary/aromatic N) is 3. The predicted molar refractivity (Wildman–Crippen MR) is 165 cm³/mol. The molecule has 2 aromatic rings. The first-order valence-corrected chi connectivity index (χ1v) is 15.7. The number of rotatable bonds is 9. The molecule has 1 aromatic carbocycles. The number of ether oxygens (including phenoxy) is 1. The summed E-state index contributed by atoms with van der Waals surface area (Å²) in [6, 6.07) is 8.88. The number of hydrogen-bond donors (Lipinski definition) is 3. The van der Waals surface area contributed by atoms with Crippen LogP contribution in [0.15, 0.2) is 39.8 Å². The number of nitrogens with one attached hydrogen (secondary N) is 2. The highest BCUT2D eigenvalue weighted by molar-refractivity contribution is 8.12. The molecule has 0 radical (unpaired) electrons. The highest BCUT2D eigenvalue weighted by atomic mass is 32.2. The number of likely N-dealkylation sites (tertiary alicyclic amines) is 1. The maximum absolute atomic E-state index is 13.9. The molecule has 0 aliphatic carbocycles. The predicted octanol–water partition coefficient (Wildman–Crippen LogP) is 4.48. The monoisotopic (exact) mass is 613 g/mol. The quantitative estimate of drug-likeness (QED) is 0.375. The van der Waals surface area contributed by atoms with Crippen LogP contribution in [-0.2, 0) is 20.9 Å². The molecule has 43 heavy (non-hydrogen) atoms. The largest absolute Gasteiger partial charge is 0.444 e. The van der Waals surface area contributed by atoms with E-state index in [2.05, 4.69) is 39.8 Å². The fourth-order valence-corrected chi connectivity index (χ4v) is 6.37. The lowest BCUT2D eigenvalue weighted by Crippen LogP contribution is -2.48. The highest BCUT2D eigenvalue weighted by Gasteiger charge is 2.43. The Kier molecular flexibility index (Phi) is 10.2. The van der Waals surface area contributed by atoms with E-state index in [0.29, 0.717) is 11.5 Å². The first-order valence-electron chi connectivity index (χ1n) is 14.7. The van der Waals surface area contributed by atoms with Crippen LogP contribution in [0, 0.1) is 5.92 Å². The minimum atomic E-state index is -0.824. The molecule has 2 unspecified atom stereocenters. The number of alkyl carbamates (subject to hydrolysis) is 1. The van der Waals surface area contributed by atoms with Crippen molar-refractivity contribution < 1.29 is 28.8 Å². The van der Waals surface area contributed by atoms with Crippen molar-refractivity contribution in [2.45, 2.75) is 102 Å². The normalized spacial score (nSPS) is 23.3. The summed E-state index contributed by atoms with van der Waals surface area (Å²) in [5.41, 5.74) is 3.82. The maximum Gasteiger partial charge on any atom is 0.407 e. The number of aliphatic imine (C=N–C) groups is 1.